The Morgan fingerprint density at radius 1 is 1.21 bits per heavy atom. The zero-order valence-electron chi connectivity index (χ0n) is 7.61. The molecule has 0 radical (unpaired) electrons. The maximum absolute atomic E-state index is 11.1. The quantitative estimate of drug-likeness (QED) is 0.356. The zero-order valence-corrected chi connectivity index (χ0v) is 7.61. The molecule has 0 atom stereocenters. The van der Waals surface area contributed by atoms with Crippen LogP contribution in [0, 0.1) is 0 Å². The highest BCUT2D eigenvalue weighted by Gasteiger charge is 2.12. The van der Waals surface area contributed by atoms with Crippen molar-refractivity contribution in [1.29, 1.82) is 0 Å². The summed E-state index contributed by atoms with van der Waals surface area (Å²) in [7, 11) is 0. The van der Waals surface area contributed by atoms with Crippen LogP contribution in [0.2, 0.25) is 0 Å². The van der Waals surface area contributed by atoms with Crippen LogP contribution in [0.4, 0.5) is 5.69 Å². The number of nitrogens with two attached hydrogens (primary N) is 3. The summed E-state index contributed by atoms with van der Waals surface area (Å²) in [6.45, 7) is 1.39. The van der Waals surface area contributed by atoms with Crippen molar-refractivity contribution in [2.75, 3.05) is 5.73 Å². The number of hydrogen-bond acceptors (Lipinski definition) is 6. The van der Waals surface area contributed by atoms with E-state index < -0.39 is 0 Å². The van der Waals surface area contributed by atoms with Gasteiger partial charge >= 0.3 is 0 Å². The lowest BCUT2D eigenvalue weighted by atomic mass is 10.1. The maximum atomic E-state index is 11.1. The second-order valence-electron chi connectivity index (χ2n) is 2.68. The number of hydrogen-bond donors (Lipinski definition) is 3. The predicted octanol–water partition coefficient (Wildman–Crippen LogP) is -0.0236. The lowest BCUT2D eigenvalue weighted by Gasteiger charge is -2.09. The molecule has 6 nitrogen and oxygen atoms in total. The first-order valence-corrected chi connectivity index (χ1v) is 3.78. The third-order valence-corrected chi connectivity index (χ3v) is 1.76. The largest absolute Gasteiger partial charge is 0.409 e. The Kier molecular flexibility index (Phi) is 2.90. The van der Waals surface area contributed by atoms with Crippen molar-refractivity contribution >= 4 is 11.5 Å². The van der Waals surface area contributed by atoms with E-state index in [1.54, 1.807) is 0 Å². The van der Waals surface area contributed by atoms with Crippen LogP contribution in [0.15, 0.2) is 12.1 Å². The molecule has 6 N–H and O–H groups in total. The van der Waals surface area contributed by atoms with E-state index in [2.05, 4.69) is 9.68 Å². The van der Waals surface area contributed by atoms with Gasteiger partial charge in [0.25, 0.3) is 0 Å². The van der Waals surface area contributed by atoms with E-state index in [1.807, 2.05) is 0 Å². The van der Waals surface area contributed by atoms with Crippen LogP contribution in [0.3, 0.4) is 0 Å². The van der Waals surface area contributed by atoms with Crippen LogP contribution in [-0.4, -0.2) is 5.78 Å². The van der Waals surface area contributed by atoms with E-state index in [0.29, 0.717) is 5.56 Å². The molecule has 0 bridgehead atoms. The van der Waals surface area contributed by atoms with Crippen LogP contribution in [0.5, 0.6) is 11.5 Å². The summed E-state index contributed by atoms with van der Waals surface area (Å²) >= 11 is 0. The van der Waals surface area contributed by atoms with Crippen LogP contribution in [0.1, 0.15) is 17.3 Å². The number of nitrogen functional groups attached to an aromatic ring is 1. The Bertz CT molecular complexity index is 340. The summed E-state index contributed by atoms with van der Waals surface area (Å²) in [6.07, 6.45) is 0. The average Bonchev–Trinajstić information content (AvgIpc) is 2.17. The predicted molar refractivity (Wildman–Crippen MR) is 50.5 cm³/mol. The van der Waals surface area contributed by atoms with Crippen molar-refractivity contribution < 1.29 is 14.5 Å². The summed E-state index contributed by atoms with van der Waals surface area (Å²) in [5.41, 5.74) is 6.07. The number of ketones is 1. The third kappa shape index (κ3) is 1.76. The van der Waals surface area contributed by atoms with Crippen LogP contribution < -0.4 is 27.2 Å². The average molecular weight is 197 g/mol. The van der Waals surface area contributed by atoms with Gasteiger partial charge in [0.1, 0.15) is 5.69 Å². The molecular formula is C8H11N3O3. The third-order valence-electron chi connectivity index (χ3n) is 1.76. The fraction of sp³-hybridized carbons (Fsp3) is 0.125. The van der Waals surface area contributed by atoms with E-state index in [1.165, 1.54) is 19.1 Å². The molecule has 1 aromatic rings. The molecule has 0 saturated heterocycles. The van der Waals surface area contributed by atoms with Crippen molar-refractivity contribution in [3.05, 3.63) is 17.7 Å². The van der Waals surface area contributed by atoms with Gasteiger partial charge in [-0.3, -0.25) is 4.79 Å². The molecule has 0 aromatic heterocycles. The lowest BCUT2D eigenvalue weighted by Crippen LogP contribution is -2.10. The molecule has 1 aromatic carbocycles. The summed E-state index contributed by atoms with van der Waals surface area (Å²) < 4.78 is 0. The number of carbonyl (C=O) groups excluding carboxylic acids is 1. The first-order chi connectivity index (χ1) is 6.60. The summed E-state index contributed by atoms with van der Waals surface area (Å²) in [6, 6.07) is 2.83. The fourth-order valence-electron chi connectivity index (χ4n) is 0.999. The van der Waals surface area contributed by atoms with Crippen molar-refractivity contribution in [1.82, 2.24) is 0 Å². The molecular weight excluding hydrogens is 186 g/mol. The highest BCUT2D eigenvalue weighted by Crippen LogP contribution is 2.32. The number of Topliss-reactive ketones (excluding diaryl/α,β-unsaturated/α-hetero) is 1. The minimum atomic E-state index is -0.165. The first kappa shape index (κ1) is 10.3. The lowest BCUT2D eigenvalue weighted by molar-refractivity contribution is 0.101. The molecule has 0 amide bonds. The second kappa shape index (κ2) is 3.95. The van der Waals surface area contributed by atoms with Gasteiger partial charge in [0, 0.05) is 5.56 Å². The number of anilines is 1. The van der Waals surface area contributed by atoms with Gasteiger partial charge in [-0.1, -0.05) is 0 Å². The molecule has 0 unspecified atom stereocenters. The van der Waals surface area contributed by atoms with Gasteiger partial charge in [-0.25, -0.2) is 0 Å². The molecule has 0 spiro atoms. The van der Waals surface area contributed by atoms with Gasteiger partial charge in [-0.15, -0.1) is 0 Å². The molecule has 76 valence electrons. The van der Waals surface area contributed by atoms with Gasteiger partial charge in [0.2, 0.25) is 0 Å². The van der Waals surface area contributed by atoms with Crippen LogP contribution in [0.25, 0.3) is 0 Å². The molecule has 0 aliphatic heterocycles. The van der Waals surface area contributed by atoms with Crippen molar-refractivity contribution in [3.63, 3.8) is 0 Å². The Balaban J connectivity index is 3.32. The highest BCUT2D eigenvalue weighted by atomic mass is 16.6. The Hall–Kier alpha value is -1.79. The molecule has 0 aliphatic carbocycles. The number of rotatable bonds is 3. The SMILES string of the molecule is CC(=O)c1cc(ON)c(N)c(ON)c1. The highest BCUT2D eigenvalue weighted by molar-refractivity contribution is 5.96. The number of carbonyl (C=O) groups is 1. The molecule has 0 aliphatic rings. The maximum Gasteiger partial charge on any atom is 0.174 e. The minimum absolute atomic E-state index is 0.151. The Labute approximate surface area is 80.5 Å². The van der Waals surface area contributed by atoms with Crippen molar-refractivity contribution in [3.8, 4) is 11.5 Å². The second-order valence-corrected chi connectivity index (χ2v) is 2.68. The van der Waals surface area contributed by atoms with Gasteiger partial charge in [0.05, 0.1) is 0 Å². The first-order valence-electron chi connectivity index (χ1n) is 3.78. The summed E-state index contributed by atoms with van der Waals surface area (Å²) in [5, 5.41) is 0. The molecule has 1 rings (SSSR count). The van der Waals surface area contributed by atoms with Gasteiger partial charge in [0.15, 0.2) is 17.3 Å². The Morgan fingerprint density at radius 3 is 1.93 bits per heavy atom. The van der Waals surface area contributed by atoms with E-state index in [4.69, 9.17) is 17.5 Å². The normalized spacial score (nSPS) is 9.64. The molecule has 0 heterocycles. The standard InChI is InChI=1S/C8H11N3O3/c1-4(12)5-2-6(13-10)8(9)7(3-5)14-11/h2-3H,9-11H2,1H3. The fourth-order valence-corrected chi connectivity index (χ4v) is 0.999. The smallest absolute Gasteiger partial charge is 0.174 e. The van der Waals surface area contributed by atoms with Gasteiger partial charge < -0.3 is 15.4 Å². The van der Waals surface area contributed by atoms with E-state index in [9.17, 15) is 4.79 Å². The van der Waals surface area contributed by atoms with E-state index >= 15 is 0 Å². The Morgan fingerprint density at radius 2 is 1.64 bits per heavy atom. The summed E-state index contributed by atoms with van der Waals surface area (Å²) in [4.78, 5) is 20.0. The minimum Gasteiger partial charge on any atom is -0.409 e. The molecule has 0 saturated carbocycles. The van der Waals surface area contributed by atoms with Crippen LogP contribution >= 0.6 is 0 Å². The molecule has 14 heavy (non-hydrogen) atoms. The topological polar surface area (TPSA) is 114 Å². The molecule has 6 heteroatoms. The molecule has 0 fully saturated rings. The monoisotopic (exact) mass is 197 g/mol. The van der Waals surface area contributed by atoms with E-state index in [-0.39, 0.29) is 23.0 Å². The van der Waals surface area contributed by atoms with Crippen molar-refractivity contribution in [2.24, 2.45) is 11.8 Å². The van der Waals surface area contributed by atoms with Crippen molar-refractivity contribution in [2.45, 2.75) is 6.92 Å². The van der Waals surface area contributed by atoms with Gasteiger partial charge in [-0.2, -0.15) is 11.8 Å². The summed E-state index contributed by atoms with van der Waals surface area (Å²) in [5.74, 6) is 10.0. The van der Waals surface area contributed by atoms with E-state index in [0.717, 1.165) is 0 Å². The van der Waals surface area contributed by atoms with Crippen LogP contribution in [-0.2, 0) is 0 Å². The zero-order chi connectivity index (χ0) is 10.7. The van der Waals surface area contributed by atoms with Gasteiger partial charge in [-0.05, 0) is 19.1 Å². The number of benzene rings is 1.